The zero-order valence-corrected chi connectivity index (χ0v) is 15.8. The molecule has 1 aromatic rings. The smallest absolute Gasteiger partial charge is 0.338 e. The summed E-state index contributed by atoms with van der Waals surface area (Å²) in [4.78, 5) is 26.9. The molecule has 2 aliphatic rings. The highest BCUT2D eigenvalue weighted by Gasteiger charge is 2.35. The lowest BCUT2D eigenvalue weighted by Gasteiger charge is -2.29. The van der Waals surface area contributed by atoms with Gasteiger partial charge in [0, 0.05) is 25.5 Å². The van der Waals surface area contributed by atoms with Crippen molar-refractivity contribution in [3.8, 4) is 0 Å². The summed E-state index contributed by atoms with van der Waals surface area (Å²) in [6.45, 7) is 3.86. The lowest BCUT2D eigenvalue weighted by Crippen LogP contribution is -2.45. The summed E-state index contributed by atoms with van der Waals surface area (Å²) < 4.78 is 5.79. The summed E-state index contributed by atoms with van der Waals surface area (Å²) in [5, 5.41) is 5.55. The quantitative estimate of drug-likeness (QED) is 0.813. The van der Waals surface area contributed by atoms with Gasteiger partial charge in [-0.25, -0.2) is 9.59 Å². The van der Waals surface area contributed by atoms with Gasteiger partial charge in [0.05, 0.1) is 11.6 Å². The fourth-order valence-corrected chi connectivity index (χ4v) is 3.67. The lowest BCUT2D eigenvalue weighted by molar-refractivity contribution is -0.146. The number of esters is 1. The van der Waals surface area contributed by atoms with Crippen molar-refractivity contribution in [1.82, 2.24) is 10.6 Å². The van der Waals surface area contributed by atoms with E-state index in [9.17, 15) is 9.59 Å². The van der Waals surface area contributed by atoms with Crippen molar-refractivity contribution in [1.29, 1.82) is 0 Å². The Bertz CT molecular complexity index is 724. The molecular formula is C20H27N3O3. The van der Waals surface area contributed by atoms with Gasteiger partial charge in [-0.1, -0.05) is 19.1 Å². The number of nitrogens with one attached hydrogen (secondary N) is 2. The van der Waals surface area contributed by atoms with Crippen molar-refractivity contribution in [3.63, 3.8) is 0 Å². The molecule has 6 nitrogen and oxygen atoms in total. The minimum Gasteiger partial charge on any atom is -0.459 e. The topological polar surface area (TPSA) is 70.7 Å². The Labute approximate surface area is 154 Å². The Hall–Kier alpha value is -2.50. The Morgan fingerprint density at radius 2 is 1.88 bits per heavy atom. The molecule has 0 saturated heterocycles. The van der Waals surface area contributed by atoms with E-state index in [0.29, 0.717) is 17.2 Å². The van der Waals surface area contributed by atoms with E-state index in [0.717, 1.165) is 30.5 Å². The van der Waals surface area contributed by atoms with E-state index < -0.39 is 6.04 Å². The van der Waals surface area contributed by atoms with Crippen LogP contribution in [0.2, 0.25) is 0 Å². The molecule has 0 aromatic heterocycles. The molecule has 0 unspecified atom stereocenters. The number of benzene rings is 1. The van der Waals surface area contributed by atoms with Crippen LogP contribution in [-0.2, 0) is 9.53 Å². The van der Waals surface area contributed by atoms with E-state index >= 15 is 0 Å². The SMILES string of the molecule is CC1=C(C(=O)O[C@@H]2CCC[C@@H]2C)[C@H](c2ccc(N(C)C)cc2)NC(=O)N1. The van der Waals surface area contributed by atoms with Gasteiger partial charge in [-0.2, -0.15) is 0 Å². The van der Waals surface area contributed by atoms with Gasteiger partial charge in [-0.3, -0.25) is 0 Å². The predicted octanol–water partition coefficient (Wildman–Crippen LogP) is 3.11. The molecule has 26 heavy (non-hydrogen) atoms. The Morgan fingerprint density at radius 3 is 2.46 bits per heavy atom. The van der Waals surface area contributed by atoms with Crippen molar-refractivity contribution < 1.29 is 14.3 Å². The third kappa shape index (κ3) is 3.69. The number of carbonyl (C=O) groups excluding carboxylic acids is 2. The molecule has 6 heteroatoms. The zero-order chi connectivity index (χ0) is 18.8. The highest BCUT2D eigenvalue weighted by atomic mass is 16.5. The van der Waals surface area contributed by atoms with E-state index in [4.69, 9.17) is 4.74 Å². The second-order valence-electron chi connectivity index (χ2n) is 7.41. The van der Waals surface area contributed by atoms with Gasteiger partial charge in [-0.15, -0.1) is 0 Å². The molecule has 0 spiro atoms. The molecule has 1 aliphatic heterocycles. The number of ether oxygens (including phenoxy) is 1. The number of amides is 2. The van der Waals surface area contributed by atoms with Gasteiger partial charge in [0.2, 0.25) is 0 Å². The second-order valence-corrected chi connectivity index (χ2v) is 7.41. The van der Waals surface area contributed by atoms with Crippen LogP contribution in [0.4, 0.5) is 10.5 Å². The average Bonchev–Trinajstić information content (AvgIpc) is 2.99. The fraction of sp³-hybridized carbons (Fsp3) is 0.500. The maximum Gasteiger partial charge on any atom is 0.338 e. The van der Waals surface area contributed by atoms with Crippen molar-refractivity contribution in [3.05, 3.63) is 41.1 Å². The predicted molar refractivity (Wildman–Crippen MR) is 101 cm³/mol. The number of carbonyl (C=O) groups is 2. The van der Waals surface area contributed by atoms with Gasteiger partial charge in [-0.05, 0) is 49.8 Å². The summed E-state index contributed by atoms with van der Waals surface area (Å²) in [7, 11) is 3.94. The molecule has 1 fully saturated rings. The van der Waals surface area contributed by atoms with Crippen molar-refractivity contribution in [2.45, 2.75) is 45.3 Å². The first kappa shape index (κ1) is 18.3. The maximum atomic E-state index is 12.9. The molecule has 0 radical (unpaired) electrons. The number of anilines is 1. The van der Waals surface area contributed by atoms with E-state index in [1.54, 1.807) is 6.92 Å². The Kier molecular flexibility index (Phi) is 5.20. The first-order valence-corrected chi connectivity index (χ1v) is 9.13. The van der Waals surface area contributed by atoms with Crippen molar-refractivity contribution in [2.75, 3.05) is 19.0 Å². The monoisotopic (exact) mass is 357 g/mol. The Balaban J connectivity index is 1.87. The molecule has 1 saturated carbocycles. The van der Waals surface area contributed by atoms with Crippen LogP contribution in [-0.4, -0.2) is 32.2 Å². The van der Waals surface area contributed by atoms with Gasteiger partial charge in [0.25, 0.3) is 0 Å². The molecular weight excluding hydrogens is 330 g/mol. The van der Waals surface area contributed by atoms with Gasteiger partial charge in [0.15, 0.2) is 0 Å². The largest absolute Gasteiger partial charge is 0.459 e. The van der Waals surface area contributed by atoms with Crippen LogP contribution in [0.5, 0.6) is 0 Å². The first-order chi connectivity index (χ1) is 12.4. The van der Waals surface area contributed by atoms with E-state index in [1.807, 2.05) is 43.3 Å². The molecule has 3 rings (SSSR count). The lowest BCUT2D eigenvalue weighted by atomic mass is 9.95. The maximum absolute atomic E-state index is 12.9. The highest BCUT2D eigenvalue weighted by Crippen LogP contribution is 2.32. The Morgan fingerprint density at radius 1 is 1.19 bits per heavy atom. The molecule has 2 N–H and O–H groups in total. The molecule has 2 amide bonds. The van der Waals surface area contributed by atoms with E-state index in [2.05, 4.69) is 17.6 Å². The molecule has 0 bridgehead atoms. The van der Waals surface area contributed by atoms with Crippen LogP contribution in [0.3, 0.4) is 0 Å². The van der Waals surface area contributed by atoms with Gasteiger partial charge >= 0.3 is 12.0 Å². The average molecular weight is 357 g/mol. The molecule has 3 atom stereocenters. The number of hydrogen-bond donors (Lipinski definition) is 2. The normalized spacial score (nSPS) is 25.5. The number of rotatable bonds is 4. The molecule has 1 aliphatic carbocycles. The highest BCUT2D eigenvalue weighted by molar-refractivity contribution is 5.95. The molecule has 1 heterocycles. The van der Waals surface area contributed by atoms with E-state index in [1.165, 1.54) is 0 Å². The fourth-order valence-electron chi connectivity index (χ4n) is 3.67. The van der Waals surface area contributed by atoms with Gasteiger partial charge in [0.1, 0.15) is 6.10 Å². The third-order valence-corrected chi connectivity index (χ3v) is 5.27. The molecule has 140 valence electrons. The van der Waals surface area contributed by atoms with Crippen molar-refractivity contribution in [2.24, 2.45) is 5.92 Å². The van der Waals surface area contributed by atoms with Crippen LogP contribution in [0.15, 0.2) is 35.5 Å². The first-order valence-electron chi connectivity index (χ1n) is 9.13. The zero-order valence-electron chi connectivity index (χ0n) is 15.8. The van der Waals surface area contributed by atoms with Crippen LogP contribution in [0, 0.1) is 5.92 Å². The minimum absolute atomic E-state index is 0.0443. The number of allylic oxidation sites excluding steroid dienone is 1. The summed E-state index contributed by atoms with van der Waals surface area (Å²) in [5.41, 5.74) is 2.93. The number of nitrogens with zero attached hydrogens (tertiary/aromatic N) is 1. The van der Waals surface area contributed by atoms with Crippen LogP contribution in [0.25, 0.3) is 0 Å². The van der Waals surface area contributed by atoms with Crippen molar-refractivity contribution >= 4 is 17.7 Å². The van der Waals surface area contributed by atoms with Crippen LogP contribution in [0.1, 0.15) is 44.7 Å². The molecule has 1 aromatic carbocycles. The third-order valence-electron chi connectivity index (χ3n) is 5.27. The van der Waals surface area contributed by atoms with Crippen LogP contribution >= 0.6 is 0 Å². The summed E-state index contributed by atoms with van der Waals surface area (Å²) >= 11 is 0. The number of urea groups is 1. The van der Waals surface area contributed by atoms with E-state index in [-0.39, 0.29) is 18.1 Å². The number of hydrogen-bond acceptors (Lipinski definition) is 4. The van der Waals surface area contributed by atoms with Crippen LogP contribution < -0.4 is 15.5 Å². The summed E-state index contributed by atoms with van der Waals surface area (Å²) in [5.74, 6) is 0.0271. The minimum atomic E-state index is -0.510. The van der Waals surface area contributed by atoms with Gasteiger partial charge < -0.3 is 20.3 Å². The summed E-state index contributed by atoms with van der Waals surface area (Å²) in [6, 6.07) is 7.00. The second kappa shape index (κ2) is 7.40. The standard InChI is InChI=1S/C20H27N3O3/c1-12-6-5-7-16(12)26-19(24)17-13(2)21-20(25)22-18(17)14-8-10-15(11-9-14)23(3)4/h8-12,16,18H,5-7H2,1-4H3,(H2,21,22,25)/t12-,16+,18-/m0/s1. The summed E-state index contributed by atoms with van der Waals surface area (Å²) in [6.07, 6.45) is 3.03.